The predicted molar refractivity (Wildman–Crippen MR) is 111 cm³/mol. The van der Waals surface area contributed by atoms with Crippen LogP contribution < -0.4 is 10.2 Å². The zero-order valence-electron chi connectivity index (χ0n) is 17.2. The number of halogens is 2. The first-order chi connectivity index (χ1) is 14.9. The van der Waals surface area contributed by atoms with E-state index < -0.39 is 17.8 Å². The molecule has 0 radical (unpaired) electrons. The molecule has 5 nitrogen and oxygen atoms in total. The fourth-order valence-electron chi connectivity index (χ4n) is 5.17. The Balaban J connectivity index is 1.69. The summed E-state index contributed by atoms with van der Waals surface area (Å²) in [5.74, 6) is -0.598. The Kier molecular flexibility index (Phi) is 4.87. The Hall–Kier alpha value is -2.70. The quantitative estimate of drug-likeness (QED) is 0.713. The number of carboxylic acid groups (broad SMARTS) is 1. The van der Waals surface area contributed by atoms with Crippen molar-refractivity contribution >= 4 is 5.97 Å². The molecule has 0 atom stereocenters. The lowest BCUT2D eigenvalue weighted by atomic mass is 9.73. The molecule has 0 amide bonds. The van der Waals surface area contributed by atoms with Gasteiger partial charge in [-0.2, -0.15) is 0 Å². The first kappa shape index (κ1) is 20.2. The maximum Gasteiger partial charge on any atom is 0.341 e. The molecule has 31 heavy (non-hydrogen) atoms. The minimum atomic E-state index is -2.71. The van der Waals surface area contributed by atoms with Gasteiger partial charge in [0, 0.05) is 23.4 Å². The molecule has 0 saturated heterocycles. The van der Waals surface area contributed by atoms with Gasteiger partial charge >= 0.3 is 5.97 Å². The van der Waals surface area contributed by atoms with E-state index in [1.165, 1.54) is 18.3 Å². The van der Waals surface area contributed by atoms with Crippen LogP contribution in [0.5, 0.6) is 5.75 Å². The van der Waals surface area contributed by atoms with Crippen molar-refractivity contribution in [3.63, 3.8) is 0 Å². The van der Waals surface area contributed by atoms with Gasteiger partial charge in [0.1, 0.15) is 11.3 Å². The van der Waals surface area contributed by atoms with Crippen LogP contribution in [0.1, 0.15) is 72.9 Å². The molecule has 3 aliphatic rings. The van der Waals surface area contributed by atoms with Gasteiger partial charge in [-0.05, 0) is 55.7 Å². The van der Waals surface area contributed by atoms with E-state index in [1.807, 2.05) is 4.57 Å². The number of alkyl halides is 2. The van der Waals surface area contributed by atoms with Gasteiger partial charge in [-0.1, -0.05) is 19.3 Å². The molecule has 2 heterocycles. The monoisotopic (exact) mass is 429 g/mol. The minimum absolute atomic E-state index is 0.180. The maximum absolute atomic E-state index is 13.9. The SMILES string of the molecule is O=C(O)c1cn2c(cc1=O)-c1cc(C(F)F)c(OCC3CC3)cc1CC21CCCCC1. The molecule has 1 aliphatic heterocycles. The van der Waals surface area contributed by atoms with Crippen LogP contribution in [0.25, 0.3) is 11.3 Å². The summed E-state index contributed by atoms with van der Waals surface area (Å²) in [4.78, 5) is 24.1. The lowest BCUT2D eigenvalue weighted by Crippen LogP contribution is -2.42. The van der Waals surface area contributed by atoms with Crippen molar-refractivity contribution in [2.24, 2.45) is 5.92 Å². The van der Waals surface area contributed by atoms with E-state index in [4.69, 9.17) is 4.74 Å². The molecule has 1 aromatic heterocycles. The molecule has 5 rings (SSSR count). The van der Waals surface area contributed by atoms with Crippen molar-refractivity contribution in [2.75, 3.05) is 6.61 Å². The van der Waals surface area contributed by atoms with E-state index in [1.54, 1.807) is 6.07 Å². The number of fused-ring (bicyclic) bond motifs is 4. The first-order valence-electron chi connectivity index (χ1n) is 11.0. The number of ether oxygens (including phenoxy) is 1. The number of benzene rings is 1. The van der Waals surface area contributed by atoms with Gasteiger partial charge in [-0.15, -0.1) is 0 Å². The fraction of sp³-hybridized carbons (Fsp3) is 0.500. The Bertz CT molecular complexity index is 1100. The van der Waals surface area contributed by atoms with Gasteiger partial charge in [-0.3, -0.25) is 4.79 Å². The summed E-state index contributed by atoms with van der Waals surface area (Å²) in [5, 5.41) is 9.48. The Labute approximate surface area is 178 Å². The van der Waals surface area contributed by atoms with Crippen molar-refractivity contribution in [2.45, 2.75) is 63.3 Å². The number of carbonyl (C=O) groups is 1. The number of nitrogens with zero attached hydrogens (tertiary/aromatic N) is 1. The minimum Gasteiger partial charge on any atom is -0.493 e. The molecule has 1 aromatic carbocycles. The number of pyridine rings is 1. The normalized spacial score (nSPS) is 19.2. The van der Waals surface area contributed by atoms with Crippen LogP contribution in [0.3, 0.4) is 0 Å². The van der Waals surface area contributed by atoms with Crippen molar-refractivity contribution < 1.29 is 23.4 Å². The van der Waals surface area contributed by atoms with E-state index >= 15 is 0 Å². The van der Waals surface area contributed by atoms with Gasteiger partial charge < -0.3 is 14.4 Å². The van der Waals surface area contributed by atoms with E-state index in [0.29, 0.717) is 30.2 Å². The lowest BCUT2D eigenvalue weighted by Gasteiger charge is -2.45. The number of aromatic nitrogens is 1. The molecule has 2 aliphatic carbocycles. The van der Waals surface area contributed by atoms with Crippen molar-refractivity contribution in [3.05, 3.63) is 51.3 Å². The molecule has 2 fully saturated rings. The van der Waals surface area contributed by atoms with E-state index in [-0.39, 0.29) is 22.4 Å². The predicted octanol–water partition coefficient (Wildman–Crippen LogP) is 5.16. The molecule has 2 saturated carbocycles. The molecule has 0 unspecified atom stereocenters. The summed E-state index contributed by atoms with van der Waals surface area (Å²) in [6.07, 6.45) is 6.30. The van der Waals surface area contributed by atoms with Crippen molar-refractivity contribution in [3.8, 4) is 17.0 Å². The molecule has 164 valence electrons. The Morgan fingerprint density at radius 1 is 1.19 bits per heavy atom. The fourth-order valence-corrected chi connectivity index (χ4v) is 5.17. The largest absolute Gasteiger partial charge is 0.493 e. The van der Waals surface area contributed by atoms with Crippen LogP contribution >= 0.6 is 0 Å². The molecule has 1 N–H and O–H groups in total. The number of hydrogen-bond acceptors (Lipinski definition) is 3. The summed E-state index contributed by atoms with van der Waals surface area (Å²) < 4.78 is 35.5. The summed E-state index contributed by atoms with van der Waals surface area (Å²) >= 11 is 0. The van der Waals surface area contributed by atoms with Crippen LogP contribution in [-0.4, -0.2) is 22.2 Å². The third-order valence-electron chi connectivity index (χ3n) is 7.01. The highest BCUT2D eigenvalue weighted by molar-refractivity contribution is 5.88. The molecule has 0 bridgehead atoms. The van der Waals surface area contributed by atoms with Crippen molar-refractivity contribution in [1.29, 1.82) is 0 Å². The second-order valence-corrected chi connectivity index (χ2v) is 9.18. The van der Waals surface area contributed by atoms with E-state index in [0.717, 1.165) is 50.5 Å². The average Bonchev–Trinajstić information content (AvgIpc) is 3.56. The molecule has 1 spiro atoms. The van der Waals surface area contributed by atoms with Gasteiger partial charge in [0.15, 0.2) is 5.43 Å². The standard InChI is InChI=1S/C24H25F2NO4/c25-22(26)17-9-16-15(8-21(17)31-13-14-4-5-14)11-24(6-2-1-3-7-24)27-12-18(23(29)30)20(28)10-19(16)27/h8-10,12,14,22H,1-7,11,13H2,(H,29,30). The zero-order chi connectivity index (χ0) is 21.8. The molecule has 7 heteroatoms. The van der Waals surface area contributed by atoms with Crippen LogP contribution in [0.2, 0.25) is 0 Å². The highest BCUT2D eigenvalue weighted by Crippen LogP contribution is 2.48. The lowest BCUT2D eigenvalue weighted by molar-refractivity contribution is 0.0693. The summed E-state index contributed by atoms with van der Waals surface area (Å²) in [7, 11) is 0. The number of aromatic carboxylic acids is 1. The number of rotatable bonds is 5. The topological polar surface area (TPSA) is 68.5 Å². The third-order valence-corrected chi connectivity index (χ3v) is 7.01. The van der Waals surface area contributed by atoms with Crippen LogP contribution in [-0.2, 0) is 12.0 Å². The summed E-state index contributed by atoms with van der Waals surface area (Å²) in [6.45, 7) is 0.446. The van der Waals surface area contributed by atoms with Gasteiger partial charge in [0.25, 0.3) is 6.43 Å². The molecule has 2 aromatic rings. The summed E-state index contributed by atoms with van der Waals surface area (Å²) in [5.41, 5.74) is 0.562. The molecular weight excluding hydrogens is 404 g/mol. The first-order valence-corrected chi connectivity index (χ1v) is 11.0. The zero-order valence-corrected chi connectivity index (χ0v) is 17.2. The third kappa shape index (κ3) is 3.54. The van der Waals surface area contributed by atoms with E-state index in [2.05, 4.69) is 0 Å². The summed E-state index contributed by atoms with van der Waals surface area (Å²) in [6, 6.07) is 4.47. The van der Waals surface area contributed by atoms with E-state index in [9.17, 15) is 23.5 Å². The maximum atomic E-state index is 13.9. The van der Waals surface area contributed by atoms with Gasteiger partial charge in [0.05, 0.1) is 17.9 Å². The Morgan fingerprint density at radius 3 is 2.58 bits per heavy atom. The van der Waals surface area contributed by atoms with Crippen molar-refractivity contribution in [1.82, 2.24) is 4.57 Å². The van der Waals surface area contributed by atoms with Gasteiger partial charge in [0.2, 0.25) is 0 Å². The average molecular weight is 429 g/mol. The highest BCUT2D eigenvalue weighted by Gasteiger charge is 2.40. The second kappa shape index (κ2) is 7.46. The van der Waals surface area contributed by atoms with Crippen LogP contribution in [0.15, 0.2) is 29.2 Å². The number of carboxylic acids is 1. The number of hydrogen-bond donors (Lipinski definition) is 1. The van der Waals surface area contributed by atoms with Crippen LogP contribution in [0, 0.1) is 5.92 Å². The van der Waals surface area contributed by atoms with Gasteiger partial charge in [-0.25, -0.2) is 13.6 Å². The van der Waals surface area contributed by atoms with Crippen LogP contribution in [0.4, 0.5) is 8.78 Å². The second-order valence-electron chi connectivity index (χ2n) is 9.18. The molecular formula is C24H25F2NO4. The highest BCUT2D eigenvalue weighted by atomic mass is 19.3. The Morgan fingerprint density at radius 2 is 1.94 bits per heavy atom. The smallest absolute Gasteiger partial charge is 0.341 e.